The second-order valence-corrected chi connectivity index (χ2v) is 3.68. The molecule has 4 heteroatoms. The molecule has 0 unspecified atom stereocenters. The van der Waals surface area contributed by atoms with Crippen molar-refractivity contribution in [2.75, 3.05) is 6.61 Å². The number of rotatable bonds is 4. The molecule has 0 spiro atoms. The van der Waals surface area contributed by atoms with Crippen molar-refractivity contribution in [1.82, 2.24) is 0 Å². The van der Waals surface area contributed by atoms with Crippen LogP contribution in [-0.4, -0.2) is 17.7 Å². The van der Waals surface area contributed by atoms with E-state index >= 15 is 0 Å². The van der Waals surface area contributed by atoms with E-state index in [0.717, 1.165) is 12.8 Å². The summed E-state index contributed by atoms with van der Waals surface area (Å²) < 4.78 is 18.7. The maximum Gasteiger partial charge on any atom is 0.338 e. The Bertz CT molecular complexity index is 385. The highest BCUT2D eigenvalue weighted by molar-refractivity contribution is 5.88. The first-order chi connectivity index (χ1) is 7.18. The fraction of sp³-hybridized carbons (Fsp3) is 0.364. The van der Waals surface area contributed by atoms with Crippen LogP contribution >= 0.6 is 0 Å². The molecule has 1 aliphatic carbocycles. The van der Waals surface area contributed by atoms with Crippen LogP contribution in [0.4, 0.5) is 4.39 Å². The van der Waals surface area contributed by atoms with Gasteiger partial charge in [-0.25, -0.2) is 9.18 Å². The SMILES string of the molecule is O=C(O)c1cccc(OCC2CC2)c1F. The van der Waals surface area contributed by atoms with Gasteiger partial charge in [0.05, 0.1) is 12.2 Å². The van der Waals surface area contributed by atoms with Gasteiger partial charge in [-0.15, -0.1) is 0 Å². The van der Waals surface area contributed by atoms with Crippen molar-refractivity contribution < 1.29 is 19.0 Å². The van der Waals surface area contributed by atoms with Crippen LogP contribution in [0, 0.1) is 11.7 Å². The third-order valence-electron chi connectivity index (χ3n) is 2.37. The topological polar surface area (TPSA) is 46.5 Å². The number of hydrogen-bond acceptors (Lipinski definition) is 2. The van der Waals surface area contributed by atoms with Crippen LogP contribution in [0.3, 0.4) is 0 Å². The zero-order valence-electron chi connectivity index (χ0n) is 8.07. The lowest BCUT2D eigenvalue weighted by molar-refractivity contribution is 0.0690. The van der Waals surface area contributed by atoms with E-state index < -0.39 is 11.8 Å². The van der Waals surface area contributed by atoms with Crippen LogP contribution in [0.2, 0.25) is 0 Å². The van der Waals surface area contributed by atoms with E-state index in [9.17, 15) is 9.18 Å². The Balaban J connectivity index is 2.14. The van der Waals surface area contributed by atoms with Gasteiger partial charge in [-0.2, -0.15) is 0 Å². The molecule has 0 heterocycles. The molecule has 1 aromatic rings. The zero-order chi connectivity index (χ0) is 10.8. The molecule has 0 amide bonds. The Morgan fingerprint density at radius 3 is 2.87 bits per heavy atom. The molecule has 2 rings (SSSR count). The fourth-order valence-electron chi connectivity index (χ4n) is 1.28. The van der Waals surface area contributed by atoms with Gasteiger partial charge < -0.3 is 9.84 Å². The number of hydrogen-bond donors (Lipinski definition) is 1. The second kappa shape index (κ2) is 3.88. The molecule has 0 atom stereocenters. The molecule has 1 fully saturated rings. The molecular formula is C11H11FO3. The first-order valence-electron chi connectivity index (χ1n) is 4.83. The van der Waals surface area contributed by atoms with Crippen molar-refractivity contribution >= 4 is 5.97 Å². The van der Waals surface area contributed by atoms with Gasteiger partial charge in [-0.1, -0.05) is 6.07 Å². The number of ether oxygens (including phenoxy) is 1. The number of carboxylic acids is 1. The average molecular weight is 210 g/mol. The Labute approximate surface area is 86.5 Å². The summed E-state index contributed by atoms with van der Waals surface area (Å²) >= 11 is 0. The van der Waals surface area contributed by atoms with Crippen LogP contribution in [0.5, 0.6) is 5.75 Å². The van der Waals surface area contributed by atoms with Crippen molar-refractivity contribution in [3.05, 3.63) is 29.6 Å². The summed E-state index contributed by atoms with van der Waals surface area (Å²) in [4.78, 5) is 10.6. The van der Waals surface area contributed by atoms with Crippen molar-refractivity contribution in [3.63, 3.8) is 0 Å². The lowest BCUT2D eigenvalue weighted by atomic mass is 10.2. The van der Waals surface area contributed by atoms with E-state index in [0.29, 0.717) is 12.5 Å². The largest absolute Gasteiger partial charge is 0.490 e. The van der Waals surface area contributed by atoms with Gasteiger partial charge in [0.25, 0.3) is 0 Å². The van der Waals surface area contributed by atoms with E-state index in [1.807, 2.05) is 0 Å². The highest BCUT2D eigenvalue weighted by Crippen LogP contribution is 2.30. The molecule has 80 valence electrons. The summed E-state index contributed by atoms with van der Waals surface area (Å²) in [5.74, 6) is -1.52. The Morgan fingerprint density at radius 2 is 2.27 bits per heavy atom. The molecule has 1 aromatic carbocycles. The molecule has 0 aromatic heterocycles. The third kappa shape index (κ3) is 2.26. The van der Waals surface area contributed by atoms with E-state index in [1.54, 1.807) is 0 Å². The number of carbonyl (C=O) groups is 1. The molecule has 0 radical (unpaired) electrons. The normalized spacial score (nSPS) is 15.0. The predicted octanol–water partition coefficient (Wildman–Crippen LogP) is 2.31. The van der Waals surface area contributed by atoms with Crippen LogP contribution < -0.4 is 4.74 Å². The maximum absolute atomic E-state index is 13.5. The summed E-state index contributed by atoms with van der Waals surface area (Å²) in [5, 5.41) is 8.68. The van der Waals surface area contributed by atoms with Gasteiger partial charge in [-0.05, 0) is 30.9 Å². The van der Waals surface area contributed by atoms with E-state index in [4.69, 9.17) is 9.84 Å². The third-order valence-corrected chi connectivity index (χ3v) is 2.37. The molecule has 1 aliphatic rings. The van der Waals surface area contributed by atoms with Crippen LogP contribution in [0.1, 0.15) is 23.2 Å². The zero-order valence-corrected chi connectivity index (χ0v) is 8.07. The Kier molecular flexibility index (Phi) is 2.58. The van der Waals surface area contributed by atoms with Gasteiger partial charge >= 0.3 is 5.97 Å². The van der Waals surface area contributed by atoms with Crippen molar-refractivity contribution in [2.24, 2.45) is 5.92 Å². The summed E-state index contributed by atoms with van der Waals surface area (Å²) in [6.07, 6.45) is 2.22. The first-order valence-corrected chi connectivity index (χ1v) is 4.83. The van der Waals surface area contributed by atoms with E-state index in [1.165, 1.54) is 18.2 Å². The molecule has 1 N–H and O–H groups in total. The highest BCUT2D eigenvalue weighted by Gasteiger charge is 2.23. The highest BCUT2D eigenvalue weighted by atomic mass is 19.1. The molecular weight excluding hydrogens is 199 g/mol. The maximum atomic E-state index is 13.5. The Hall–Kier alpha value is -1.58. The minimum Gasteiger partial charge on any atom is -0.490 e. The number of aromatic carboxylic acids is 1. The van der Waals surface area contributed by atoms with Gasteiger partial charge in [0.1, 0.15) is 0 Å². The fourth-order valence-corrected chi connectivity index (χ4v) is 1.28. The van der Waals surface area contributed by atoms with Crippen LogP contribution in [-0.2, 0) is 0 Å². The summed E-state index contributed by atoms with van der Waals surface area (Å²) in [6.45, 7) is 0.472. The number of carboxylic acid groups (broad SMARTS) is 1. The van der Waals surface area contributed by atoms with Crippen LogP contribution in [0.15, 0.2) is 18.2 Å². The quantitative estimate of drug-likeness (QED) is 0.829. The number of halogens is 1. The number of benzene rings is 1. The van der Waals surface area contributed by atoms with Crippen molar-refractivity contribution in [3.8, 4) is 5.75 Å². The second-order valence-electron chi connectivity index (χ2n) is 3.68. The summed E-state index contributed by atoms with van der Waals surface area (Å²) in [6, 6.07) is 4.15. The molecule has 15 heavy (non-hydrogen) atoms. The molecule has 1 saturated carbocycles. The molecule has 0 bridgehead atoms. The van der Waals surface area contributed by atoms with Crippen LogP contribution in [0.25, 0.3) is 0 Å². The smallest absolute Gasteiger partial charge is 0.338 e. The first kappa shape index (κ1) is 9.96. The van der Waals surface area contributed by atoms with E-state index in [-0.39, 0.29) is 11.3 Å². The summed E-state index contributed by atoms with van der Waals surface area (Å²) in [5.41, 5.74) is -0.344. The summed E-state index contributed by atoms with van der Waals surface area (Å²) in [7, 11) is 0. The van der Waals surface area contributed by atoms with Gasteiger partial charge in [-0.3, -0.25) is 0 Å². The van der Waals surface area contributed by atoms with Crippen molar-refractivity contribution in [1.29, 1.82) is 0 Å². The van der Waals surface area contributed by atoms with Gasteiger partial charge in [0.15, 0.2) is 11.6 Å². The Morgan fingerprint density at radius 1 is 1.53 bits per heavy atom. The van der Waals surface area contributed by atoms with Gasteiger partial charge in [0, 0.05) is 0 Å². The minimum absolute atomic E-state index is 0.0294. The predicted molar refractivity (Wildman–Crippen MR) is 51.6 cm³/mol. The monoisotopic (exact) mass is 210 g/mol. The average Bonchev–Trinajstić information content (AvgIpc) is 2.99. The molecule has 0 aliphatic heterocycles. The molecule has 3 nitrogen and oxygen atoms in total. The lowest BCUT2D eigenvalue weighted by Gasteiger charge is -2.07. The minimum atomic E-state index is -1.27. The molecule has 0 saturated heterocycles. The van der Waals surface area contributed by atoms with Gasteiger partial charge in [0.2, 0.25) is 0 Å². The van der Waals surface area contributed by atoms with Crippen molar-refractivity contribution in [2.45, 2.75) is 12.8 Å². The standard InChI is InChI=1S/C11H11FO3/c12-10-8(11(13)14)2-1-3-9(10)15-6-7-4-5-7/h1-3,7H,4-6H2,(H,13,14). The van der Waals surface area contributed by atoms with E-state index in [2.05, 4.69) is 0 Å². The lowest BCUT2D eigenvalue weighted by Crippen LogP contribution is -2.05.